The van der Waals surface area contributed by atoms with Crippen LogP contribution in [-0.4, -0.2) is 17.6 Å². The van der Waals surface area contributed by atoms with E-state index in [4.69, 9.17) is 10.6 Å². The van der Waals surface area contributed by atoms with Crippen LogP contribution in [0.5, 0.6) is 5.75 Å². The molecule has 3 N–H and O–H groups in total. The first-order valence-electron chi connectivity index (χ1n) is 5.95. The molecule has 1 aromatic carbocycles. The summed E-state index contributed by atoms with van der Waals surface area (Å²) in [5, 5.41) is 0. The number of aryl methyl sites for hydroxylation is 1. The normalized spacial score (nSPS) is 10.2. The van der Waals surface area contributed by atoms with Crippen LogP contribution in [0.25, 0.3) is 5.69 Å². The maximum atomic E-state index is 11.8. The lowest BCUT2D eigenvalue weighted by molar-refractivity contribution is 0.0952. The van der Waals surface area contributed by atoms with Gasteiger partial charge in [0.05, 0.1) is 7.11 Å². The summed E-state index contributed by atoms with van der Waals surface area (Å²) in [5.41, 5.74) is 3.13. The second-order valence-electron chi connectivity index (χ2n) is 4.23. The van der Waals surface area contributed by atoms with E-state index < -0.39 is 5.91 Å². The first kappa shape index (κ1) is 13.8. The summed E-state index contributed by atoms with van der Waals surface area (Å²) in [5.74, 6) is 5.19. The van der Waals surface area contributed by atoms with Gasteiger partial charge in [0.15, 0.2) is 5.43 Å². The van der Waals surface area contributed by atoms with Crippen molar-refractivity contribution in [3.8, 4) is 11.4 Å². The molecule has 6 heteroatoms. The molecule has 0 fully saturated rings. The Labute approximate surface area is 115 Å². The first-order chi connectivity index (χ1) is 9.56. The molecule has 1 aromatic heterocycles. The molecule has 6 nitrogen and oxygen atoms in total. The number of carbonyl (C=O) groups excluding carboxylic acids is 1. The van der Waals surface area contributed by atoms with Gasteiger partial charge >= 0.3 is 0 Å². The Balaban J connectivity index is 2.55. The summed E-state index contributed by atoms with van der Waals surface area (Å²) in [4.78, 5) is 23.3. The molecule has 2 aromatic rings. The molecular formula is C14H15N3O3. The summed E-state index contributed by atoms with van der Waals surface area (Å²) in [6.45, 7) is 1.79. The molecule has 0 saturated heterocycles. The number of nitrogens with one attached hydrogen (secondary N) is 1. The van der Waals surface area contributed by atoms with Crippen molar-refractivity contribution >= 4 is 5.91 Å². The smallest absolute Gasteiger partial charge is 0.270 e. The molecule has 0 atom stereocenters. The summed E-state index contributed by atoms with van der Waals surface area (Å²) in [7, 11) is 1.59. The van der Waals surface area contributed by atoms with E-state index in [9.17, 15) is 9.59 Å². The monoisotopic (exact) mass is 273 g/mol. The standard InChI is InChI=1S/C14H15N3O3/c1-9-7-13(18)12(14(19)16-15)8-17(9)10-3-5-11(20-2)6-4-10/h3-8H,15H2,1-2H3,(H,16,19). The Morgan fingerprint density at radius 2 is 1.95 bits per heavy atom. The summed E-state index contributed by atoms with van der Waals surface area (Å²) < 4.78 is 6.84. The van der Waals surface area contributed by atoms with Crippen LogP contribution in [0, 0.1) is 6.92 Å². The predicted molar refractivity (Wildman–Crippen MR) is 75.0 cm³/mol. The van der Waals surface area contributed by atoms with Crippen molar-refractivity contribution in [2.24, 2.45) is 5.84 Å². The number of hydrogen-bond donors (Lipinski definition) is 2. The molecule has 0 aliphatic carbocycles. The summed E-state index contributed by atoms with van der Waals surface area (Å²) in [6, 6.07) is 8.67. The van der Waals surface area contributed by atoms with E-state index in [1.54, 1.807) is 30.7 Å². The van der Waals surface area contributed by atoms with E-state index in [0.717, 1.165) is 11.4 Å². The number of aromatic nitrogens is 1. The van der Waals surface area contributed by atoms with Gasteiger partial charge in [-0.25, -0.2) is 5.84 Å². The number of hydrogen-bond acceptors (Lipinski definition) is 4. The van der Waals surface area contributed by atoms with E-state index in [2.05, 4.69) is 0 Å². The van der Waals surface area contributed by atoms with Crippen LogP contribution in [0.4, 0.5) is 0 Å². The maximum absolute atomic E-state index is 11.8. The fourth-order valence-corrected chi connectivity index (χ4v) is 1.90. The third kappa shape index (κ3) is 2.55. The Bertz CT molecular complexity index is 690. The van der Waals surface area contributed by atoms with Gasteiger partial charge in [-0.1, -0.05) is 0 Å². The lowest BCUT2D eigenvalue weighted by Gasteiger charge is -2.12. The number of nitrogen functional groups attached to an aromatic ring is 1. The van der Waals surface area contributed by atoms with Crippen LogP contribution in [0.3, 0.4) is 0 Å². The van der Waals surface area contributed by atoms with Gasteiger partial charge in [0.1, 0.15) is 11.3 Å². The number of methoxy groups -OCH3 is 1. The Morgan fingerprint density at radius 3 is 2.50 bits per heavy atom. The largest absolute Gasteiger partial charge is 0.497 e. The van der Waals surface area contributed by atoms with E-state index in [1.807, 2.05) is 17.6 Å². The van der Waals surface area contributed by atoms with Crippen molar-refractivity contribution in [2.75, 3.05) is 7.11 Å². The van der Waals surface area contributed by atoms with Crippen molar-refractivity contribution in [3.63, 3.8) is 0 Å². The number of pyridine rings is 1. The van der Waals surface area contributed by atoms with Gasteiger partial charge in [-0.05, 0) is 31.2 Å². The molecule has 0 bridgehead atoms. The zero-order chi connectivity index (χ0) is 14.7. The minimum atomic E-state index is -0.614. The van der Waals surface area contributed by atoms with E-state index in [-0.39, 0.29) is 11.0 Å². The highest BCUT2D eigenvalue weighted by Crippen LogP contribution is 2.16. The summed E-state index contributed by atoms with van der Waals surface area (Å²) >= 11 is 0. The molecule has 0 aliphatic rings. The molecule has 0 saturated carbocycles. The maximum Gasteiger partial charge on any atom is 0.270 e. The van der Waals surface area contributed by atoms with Crippen molar-refractivity contribution < 1.29 is 9.53 Å². The quantitative estimate of drug-likeness (QED) is 0.491. The van der Waals surface area contributed by atoms with Gasteiger partial charge in [-0.2, -0.15) is 0 Å². The van der Waals surface area contributed by atoms with E-state index >= 15 is 0 Å². The van der Waals surface area contributed by atoms with Crippen LogP contribution in [-0.2, 0) is 0 Å². The van der Waals surface area contributed by atoms with Gasteiger partial charge in [0, 0.05) is 23.6 Å². The highest BCUT2D eigenvalue weighted by molar-refractivity contribution is 5.93. The van der Waals surface area contributed by atoms with Crippen molar-refractivity contribution in [2.45, 2.75) is 6.92 Å². The van der Waals surface area contributed by atoms with Crippen molar-refractivity contribution in [1.29, 1.82) is 0 Å². The Morgan fingerprint density at radius 1 is 1.30 bits per heavy atom. The van der Waals surface area contributed by atoms with E-state index in [1.165, 1.54) is 12.3 Å². The minimum Gasteiger partial charge on any atom is -0.497 e. The number of nitrogens with two attached hydrogens (primary N) is 1. The lowest BCUT2D eigenvalue weighted by Crippen LogP contribution is -2.34. The molecule has 1 amide bonds. The van der Waals surface area contributed by atoms with Gasteiger partial charge in [0.25, 0.3) is 5.91 Å². The van der Waals surface area contributed by atoms with Crippen molar-refractivity contribution in [3.05, 3.63) is 58.0 Å². The number of amides is 1. The molecule has 104 valence electrons. The molecule has 0 unspecified atom stereocenters. The summed E-state index contributed by atoms with van der Waals surface area (Å²) in [6.07, 6.45) is 1.47. The molecule has 0 radical (unpaired) electrons. The number of rotatable bonds is 3. The van der Waals surface area contributed by atoms with Gasteiger partial charge < -0.3 is 9.30 Å². The van der Waals surface area contributed by atoms with Gasteiger partial charge in [-0.3, -0.25) is 15.0 Å². The number of hydrazine groups is 1. The average Bonchev–Trinajstić information content (AvgIpc) is 2.47. The molecule has 1 heterocycles. The molecular weight excluding hydrogens is 258 g/mol. The van der Waals surface area contributed by atoms with E-state index in [0.29, 0.717) is 5.69 Å². The Kier molecular flexibility index (Phi) is 3.86. The third-order valence-electron chi connectivity index (χ3n) is 2.97. The fraction of sp³-hybridized carbons (Fsp3) is 0.143. The van der Waals surface area contributed by atoms with Crippen LogP contribution in [0.1, 0.15) is 16.1 Å². The molecule has 0 spiro atoms. The first-order valence-corrected chi connectivity index (χ1v) is 5.95. The molecule has 0 aliphatic heterocycles. The SMILES string of the molecule is COc1ccc(-n2cc(C(=O)NN)c(=O)cc2C)cc1. The van der Waals surface area contributed by atoms with Gasteiger partial charge in [0.2, 0.25) is 0 Å². The lowest BCUT2D eigenvalue weighted by atomic mass is 10.2. The second kappa shape index (κ2) is 5.58. The number of carbonyl (C=O) groups is 1. The van der Waals surface area contributed by atoms with Gasteiger partial charge in [-0.15, -0.1) is 0 Å². The Hall–Kier alpha value is -2.60. The fourth-order valence-electron chi connectivity index (χ4n) is 1.90. The minimum absolute atomic E-state index is 0.00563. The zero-order valence-electron chi connectivity index (χ0n) is 11.2. The number of ether oxygens (including phenoxy) is 1. The van der Waals surface area contributed by atoms with Crippen LogP contribution >= 0.6 is 0 Å². The predicted octanol–water partition coefficient (Wildman–Crippen LogP) is 0.758. The van der Waals surface area contributed by atoms with Crippen LogP contribution < -0.4 is 21.4 Å². The number of benzene rings is 1. The second-order valence-corrected chi connectivity index (χ2v) is 4.23. The highest BCUT2D eigenvalue weighted by atomic mass is 16.5. The number of nitrogens with zero attached hydrogens (tertiary/aromatic N) is 1. The topological polar surface area (TPSA) is 86.3 Å². The highest BCUT2D eigenvalue weighted by Gasteiger charge is 2.11. The average molecular weight is 273 g/mol. The third-order valence-corrected chi connectivity index (χ3v) is 2.97. The van der Waals surface area contributed by atoms with Crippen LogP contribution in [0.15, 0.2) is 41.3 Å². The molecule has 20 heavy (non-hydrogen) atoms. The molecule has 2 rings (SSSR count). The van der Waals surface area contributed by atoms with Crippen molar-refractivity contribution in [1.82, 2.24) is 9.99 Å². The zero-order valence-corrected chi connectivity index (χ0v) is 11.2. The van der Waals surface area contributed by atoms with Crippen LogP contribution in [0.2, 0.25) is 0 Å².